The molecule has 1 N–H and O–H groups in total. The van der Waals surface area contributed by atoms with Crippen LogP contribution in [0, 0.1) is 6.92 Å². The van der Waals surface area contributed by atoms with E-state index in [4.69, 9.17) is 4.74 Å². The summed E-state index contributed by atoms with van der Waals surface area (Å²) in [7, 11) is -1.23. The number of aryl methyl sites for hydroxylation is 1. The number of hydrogen-bond donors (Lipinski definition) is 1. The molecule has 4 rings (SSSR count). The number of amides is 2. The van der Waals surface area contributed by atoms with Crippen LogP contribution in [0.5, 0.6) is 5.75 Å². The van der Waals surface area contributed by atoms with Gasteiger partial charge in [0.15, 0.2) is 0 Å². The standard InChI is InChI=1S/C33H33Br2N3O5S/c1-23-12-14-27(15-13-23)38(44(41,42)28-16-17-31(43-3)29(35)20-28)22-32(39)37(21-25-10-7-11-26(34)18-25)30(33(40)36-2)19-24-8-5-4-6-9-24/h4-18,20,30H,19,21-22H2,1-3H3,(H,36,40)/t30-/m0/s1. The van der Waals surface area contributed by atoms with Gasteiger partial charge in [-0.25, -0.2) is 8.42 Å². The third kappa shape index (κ3) is 8.08. The molecule has 0 bridgehead atoms. The van der Waals surface area contributed by atoms with Crippen LogP contribution in [0.4, 0.5) is 5.69 Å². The molecule has 2 amide bonds. The molecule has 0 saturated carbocycles. The lowest BCUT2D eigenvalue weighted by Crippen LogP contribution is -2.53. The van der Waals surface area contributed by atoms with Crippen molar-refractivity contribution in [1.29, 1.82) is 0 Å². The molecule has 0 unspecified atom stereocenters. The Morgan fingerprint density at radius 1 is 0.886 bits per heavy atom. The third-order valence-corrected chi connectivity index (χ3v) is 9.95. The Kier molecular flexibility index (Phi) is 11.2. The molecule has 0 aliphatic rings. The summed E-state index contributed by atoms with van der Waals surface area (Å²) in [6.07, 6.45) is 0.239. The van der Waals surface area contributed by atoms with Crippen molar-refractivity contribution in [3.63, 3.8) is 0 Å². The monoisotopic (exact) mass is 741 g/mol. The van der Waals surface area contributed by atoms with E-state index in [9.17, 15) is 18.0 Å². The first-order chi connectivity index (χ1) is 21.0. The predicted molar refractivity (Wildman–Crippen MR) is 179 cm³/mol. The second kappa shape index (κ2) is 14.9. The lowest BCUT2D eigenvalue weighted by Gasteiger charge is -2.33. The Labute approximate surface area is 275 Å². The fourth-order valence-corrected chi connectivity index (χ4v) is 7.31. The highest BCUT2D eigenvalue weighted by Crippen LogP contribution is 2.31. The minimum atomic E-state index is -4.24. The molecule has 4 aromatic rings. The third-order valence-electron chi connectivity index (χ3n) is 7.07. The van der Waals surface area contributed by atoms with E-state index in [0.29, 0.717) is 15.9 Å². The van der Waals surface area contributed by atoms with Crippen molar-refractivity contribution in [2.24, 2.45) is 0 Å². The van der Waals surface area contributed by atoms with Crippen LogP contribution in [0.1, 0.15) is 16.7 Å². The van der Waals surface area contributed by atoms with Gasteiger partial charge in [-0.15, -0.1) is 0 Å². The van der Waals surface area contributed by atoms with Crippen molar-refractivity contribution < 1.29 is 22.7 Å². The Bertz CT molecular complexity index is 1720. The van der Waals surface area contributed by atoms with Gasteiger partial charge in [-0.05, 0) is 76.4 Å². The molecule has 44 heavy (non-hydrogen) atoms. The van der Waals surface area contributed by atoms with Crippen LogP contribution in [-0.4, -0.2) is 51.9 Å². The summed E-state index contributed by atoms with van der Waals surface area (Å²) in [6, 6.07) is 27.3. The zero-order valence-electron chi connectivity index (χ0n) is 24.5. The average molecular weight is 744 g/mol. The van der Waals surface area contributed by atoms with E-state index >= 15 is 0 Å². The normalized spacial score (nSPS) is 11.8. The minimum absolute atomic E-state index is 0.0239. The first kappa shape index (κ1) is 33.2. The summed E-state index contributed by atoms with van der Waals surface area (Å²) in [5, 5.41) is 2.69. The van der Waals surface area contributed by atoms with E-state index in [1.807, 2.05) is 61.5 Å². The van der Waals surface area contributed by atoms with Crippen molar-refractivity contribution in [1.82, 2.24) is 10.2 Å². The lowest BCUT2D eigenvalue weighted by molar-refractivity contribution is -0.139. The summed E-state index contributed by atoms with van der Waals surface area (Å²) in [5.74, 6) is -0.427. The van der Waals surface area contributed by atoms with Crippen LogP contribution in [0.3, 0.4) is 0 Å². The van der Waals surface area contributed by atoms with E-state index in [1.165, 1.54) is 31.2 Å². The maximum Gasteiger partial charge on any atom is 0.264 e. The summed E-state index contributed by atoms with van der Waals surface area (Å²) in [5.41, 5.74) is 2.89. The quantitative estimate of drug-likeness (QED) is 0.189. The van der Waals surface area contributed by atoms with Crippen LogP contribution < -0.4 is 14.4 Å². The number of sulfonamides is 1. The molecule has 0 saturated heterocycles. The van der Waals surface area contributed by atoms with Gasteiger partial charge in [0.05, 0.1) is 22.2 Å². The zero-order chi connectivity index (χ0) is 31.9. The van der Waals surface area contributed by atoms with Crippen LogP contribution in [0.25, 0.3) is 0 Å². The summed E-state index contributed by atoms with van der Waals surface area (Å²) < 4.78 is 36.0. The zero-order valence-corrected chi connectivity index (χ0v) is 28.5. The van der Waals surface area contributed by atoms with Gasteiger partial charge in [0.2, 0.25) is 11.8 Å². The summed E-state index contributed by atoms with van der Waals surface area (Å²) in [4.78, 5) is 29.2. The number of rotatable bonds is 12. The number of carbonyl (C=O) groups is 2. The highest BCUT2D eigenvalue weighted by Gasteiger charge is 2.34. The second-order valence-corrected chi connectivity index (χ2v) is 13.7. The molecule has 1 atom stereocenters. The minimum Gasteiger partial charge on any atom is -0.496 e. The van der Waals surface area contributed by atoms with E-state index in [0.717, 1.165) is 25.5 Å². The largest absolute Gasteiger partial charge is 0.496 e. The molecule has 0 aliphatic heterocycles. The molecule has 0 spiro atoms. The number of ether oxygens (including phenoxy) is 1. The topological polar surface area (TPSA) is 96.0 Å². The number of nitrogens with zero attached hydrogens (tertiary/aromatic N) is 2. The first-order valence-electron chi connectivity index (χ1n) is 13.8. The van der Waals surface area contributed by atoms with Crippen molar-refractivity contribution in [2.75, 3.05) is 25.0 Å². The Morgan fingerprint density at radius 3 is 2.18 bits per heavy atom. The van der Waals surface area contributed by atoms with Crippen LogP contribution >= 0.6 is 31.9 Å². The van der Waals surface area contributed by atoms with Crippen molar-refractivity contribution in [3.05, 3.63) is 123 Å². The number of nitrogens with one attached hydrogen (secondary N) is 1. The van der Waals surface area contributed by atoms with Gasteiger partial charge >= 0.3 is 0 Å². The molecule has 11 heteroatoms. The molecule has 0 aliphatic carbocycles. The van der Waals surface area contributed by atoms with Gasteiger partial charge in [0, 0.05) is 24.5 Å². The predicted octanol–water partition coefficient (Wildman–Crippen LogP) is 6.11. The second-order valence-electron chi connectivity index (χ2n) is 10.1. The molecule has 0 radical (unpaired) electrons. The highest BCUT2D eigenvalue weighted by molar-refractivity contribution is 9.10. The summed E-state index contributed by atoms with van der Waals surface area (Å²) >= 11 is 6.86. The van der Waals surface area contributed by atoms with Gasteiger partial charge in [-0.3, -0.25) is 13.9 Å². The van der Waals surface area contributed by atoms with Gasteiger partial charge in [-0.1, -0.05) is 76.1 Å². The van der Waals surface area contributed by atoms with Gasteiger partial charge in [0.1, 0.15) is 18.3 Å². The SMILES string of the molecule is CNC(=O)[C@H](Cc1ccccc1)N(Cc1cccc(Br)c1)C(=O)CN(c1ccc(C)cc1)S(=O)(=O)c1ccc(OC)c(Br)c1. The molecule has 0 aromatic heterocycles. The Hall–Kier alpha value is -3.67. The van der Waals surface area contributed by atoms with Crippen molar-refractivity contribution >= 4 is 59.4 Å². The van der Waals surface area contributed by atoms with E-state index in [1.54, 1.807) is 30.3 Å². The summed E-state index contributed by atoms with van der Waals surface area (Å²) in [6.45, 7) is 1.44. The molecule has 230 valence electrons. The lowest BCUT2D eigenvalue weighted by atomic mass is 10.0. The maximum absolute atomic E-state index is 14.4. The van der Waals surface area contributed by atoms with Gasteiger partial charge < -0.3 is 15.0 Å². The van der Waals surface area contributed by atoms with E-state index < -0.39 is 28.5 Å². The fraction of sp³-hybridized carbons (Fsp3) is 0.212. The fourth-order valence-electron chi connectivity index (χ4n) is 4.73. The Morgan fingerprint density at radius 2 is 1.57 bits per heavy atom. The maximum atomic E-state index is 14.4. The molecular weight excluding hydrogens is 710 g/mol. The van der Waals surface area contributed by atoms with Crippen molar-refractivity contribution in [3.8, 4) is 5.75 Å². The number of hydrogen-bond acceptors (Lipinski definition) is 5. The number of methoxy groups -OCH3 is 1. The van der Waals surface area contributed by atoms with Crippen LogP contribution in [0.15, 0.2) is 111 Å². The molecular formula is C33H33Br2N3O5S. The number of halogens is 2. The van der Waals surface area contributed by atoms with Crippen molar-refractivity contribution in [2.45, 2.75) is 30.8 Å². The molecule has 0 fully saturated rings. The number of carbonyl (C=O) groups excluding carboxylic acids is 2. The van der Waals surface area contributed by atoms with Crippen LogP contribution in [-0.2, 0) is 32.6 Å². The van der Waals surface area contributed by atoms with Crippen LogP contribution in [0.2, 0.25) is 0 Å². The number of likely N-dealkylation sites (N-methyl/N-ethyl adjacent to an activating group) is 1. The molecule has 0 heterocycles. The van der Waals surface area contributed by atoms with Gasteiger partial charge in [-0.2, -0.15) is 0 Å². The number of anilines is 1. The van der Waals surface area contributed by atoms with E-state index in [2.05, 4.69) is 37.2 Å². The molecule has 8 nitrogen and oxygen atoms in total. The highest BCUT2D eigenvalue weighted by atomic mass is 79.9. The van der Waals surface area contributed by atoms with Gasteiger partial charge in [0.25, 0.3) is 10.0 Å². The Balaban J connectivity index is 1.80. The average Bonchev–Trinajstić information content (AvgIpc) is 3.02. The number of benzene rings is 4. The van der Waals surface area contributed by atoms with E-state index in [-0.39, 0.29) is 23.8 Å². The smallest absolute Gasteiger partial charge is 0.264 e. The molecule has 4 aromatic carbocycles. The first-order valence-corrected chi connectivity index (χ1v) is 16.8.